The Morgan fingerprint density at radius 3 is 2.26 bits per heavy atom. The molecule has 1 rings (SSSR count). The van der Waals surface area contributed by atoms with Gasteiger partial charge in [0.25, 0.3) is 0 Å². The molecular formula is C14H30N2O2S. The first kappa shape index (κ1) is 16.9. The zero-order valence-electron chi connectivity index (χ0n) is 12.9. The summed E-state index contributed by atoms with van der Waals surface area (Å²) in [5, 5.41) is 2.88. The van der Waals surface area contributed by atoms with Crippen molar-refractivity contribution in [3.63, 3.8) is 0 Å². The van der Waals surface area contributed by atoms with Gasteiger partial charge in [-0.15, -0.1) is 0 Å². The van der Waals surface area contributed by atoms with E-state index in [1.807, 2.05) is 20.8 Å². The van der Waals surface area contributed by atoms with Gasteiger partial charge in [0.2, 0.25) is 10.0 Å². The van der Waals surface area contributed by atoms with E-state index < -0.39 is 10.0 Å². The quantitative estimate of drug-likeness (QED) is 0.782. The number of sulfonamides is 1. The molecule has 19 heavy (non-hydrogen) atoms. The normalized spacial score (nSPS) is 20.9. The van der Waals surface area contributed by atoms with Gasteiger partial charge < -0.3 is 5.32 Å². The van der Waals surface area contributed by atoms with Gasteiger partial charge in [-0.25, -0.2) is 12.7 Å². The van der Waals surface area contributed by atoms with Gasteiger partial charge in [-0.1, -0.05) is 33.6 Å². The lowest BCUT2D eigenvalue weighted by Gasteiger charge is -2.33. The molecule has 1 saturated heterocycles. The minimum Gasteiger partial charge on any atom is -0.313 e. The molecule has 0 aromatic carbocycles. The summed E-state index contributed by atoms with van der Waals surface area (Å²) < 4.78 is 26.6. The molecule has 0 amide bonds. The average molecular weight is 290 g/mol. The Bertz CT molecular complexity index is 346. The first-order valence-electron chi connectivity index (χ1n) is 7.60. The fraction of sp³-hybridized carbons (Fsp3) is 1.00. The van der Waals surface area contributed by atoms with Crippen molar-refractivity contribution in [2.45, 2.75) is 64.7 Å². The van der Waals surface area contributed by atoms with Crippen LogP contribution in [0.4, 0.5) is 0 Å². The fourth-order valence-corrected chi connectivity index (χ4v) is 4.16. The van der Waals surface area contributed by atoms with E-state index in [9.17, 15) is 8.42 Å². The molecule has 1 atom stereocenters. The van der Waals surface area contributed by atoms with Crippen LogP contribution in [-0.2, 0) is 10.0 Å². The van der Waals surface area contributed by atoms with E-state index in [1.54, 1.807) is 4.31 Å². The third-order valence-electron chi connectivity index (χ3n) is 3.95. The van der Waals surface area contributed by atoms with Gasteiger partial charge >= 0.3 is 0 Å². The average Bonchev–Trinajstić information content (AvgIpc) is 2.36. The molecule has 4 nitrogen and oxygen atoms in total. The summed E-state index contributed by atoms with van der Waals surface area (Å²) in [6.07, 6.45) is 4.49. The maximum atomic E-state index is 12.4. The van der Waals surface area contributed by atoms with E-state index in [0.29, 0.717) is 25.7 Å². The smallest absolute Gasteiger partial charge is 0.217 e. The summed E-state index contributed by atoms with van der Waals surface area (Å²) in [4.78, 5) is 0. The van der Waals surface area contributed by atoms with Crippen molar-refractivity contribution in [1.29, 1.82) is 0 Å². The summed E-state index contributed by atoms with van der Waals surface area (Å²) in [6.45, 7) is 10.0. The highest BCUT2D eigenvalue weighted by atomic mass is 32.2. The van der Waals surface area contributed by atoms with Crippen LogP contribution in [0.3, 0.4) is 0 Å². The lowest BCUT2D eigenvalue weighted by molar-refractivity contribution is 0.260. The number of hydrogen-bond donors (Lipinski definition) is 1. The number of hydrogen-bond acceptors (Lipinski definition) is 3. The van der Waals surface area contributed by atoms with E-state index in [-0.39, 0.29) is 5.25 Å². The largest absolute Gasteiger partial charge is 0.313 e. The van der Waals surface area contributed by atoms with Crippen LogP contribution in [0.15, 0.2) is 0 Å². The first-order chi connectivity index (χ1) is 8.87. The summed E-state index contributed by atoms with van der Waals surface area (Å²) in [5.41, 5.74) is 0. The Labute approximate surface area is 119 Å². The topological polar surface area (TPSA) is 49.4 Å². The van der Waals surface area contributed by atoms with Gasteiger partial charge in [-0.3, -0.25) is 0 Å². The van der Waals surface area contributed by atoms with E-state index in [4.69, 9.17) is 0 Å². The van der Waals surface area contributed by atoms with Crippen LogP contribution < -0.4 is 5.32 Å². The SMILES string of the molecule is CCCC1CCN(S(=O)(=O)C(C)CNC(C)C)CC1. The molecule has 0 aromatic heterocycles. The summed E-state index contributed by atoms with van der Waals surface area (Å²) in [7, 11) is -3.13. The highest BCUT2D eigenvalue weighted by Crippen LogP contribution is 2.24. The van der Waals surface area contributed by atoms with Crippen molar-refractivity contribution in [1.82, 2.24) is 9.62 Å². The van der Waals surface area contributed by atoms with Gasteiger partial charge in [-0.2, -0.15) is 0 Å². The van der Waals surface area contributed by atoms with Gasteiger partial charge in [-0.05, 0) is 25.7 Å². The molecule has 1 fully saturated rings. The van der Waals surface area contributed by atoms with Crippen LogP contribution in [0, 0.1) is 5.92 Å². The van der Waals surface area contributed by atoms with Crippen LogP contribution in [0.1, 0.15) is 53.4 Å². The molecule has 1 unspecified atom stereocenters. The molecule has 0 aliphatic carbocycles. The number of nitrogens with one attached hydrogen (secondary N) is 1. The van der Waals surface area contributed by atoms with Crippen LogP contribution in [0.5, 0.6) is 0 Å². The Morgan fingerprint density at radius 1 is 1.21 bits per heavy atom. The van der Waals surface area contributed by atoms with Gasteiger partial charge in [0.1, 0.15) is 0 Å². The Balaban J connectivity index is 2.50. The lowest BCUT2D eigenvalue weighted by Crippen LogP contribution is -2.46. The maximum absolute atomic E-state index is 12.4. The first-order valence-corrected chi connectivity index (χ1v) is 9.10. The highest BCUT2D eigenvalue weighted by Gasteiger charge is 2.31. The zero-order valence-corrected chi connectivity index (χ0v) is 13.7. The standard InChI is InChI=1S/C14H30N2O2S/c1-5-6-14-7-9-16(10-8-14)19(17,18)13(4)11-15-12(2)3/h12-15H,5-11H2,1-4H3. The number of piperidine rings is 1. The predicted octanol–water partition coefficient (Wildman–Crippen LogP) is 2.21. The molecule has 0 bridgehead atoms. The predicted molar refractivity (Wildman–Crippen MR) is 80.7 cm³/mol. The molecule has 5 heteroatoms. The zero-order chi connectivity index (χ0) is 14.5. The van der Waals surface area contributed by atoms with Gasteiger partial charge in [0.15, 0.2) is 0 Å². The van der Waals surface area contributed by atoms with Crippen molar-refractivity contribution in [2.75, 3.05) is 19.6 Å². The Morgan fingerprint density at radius 2 is 1.79 bits per heavy atom. The molecule has 0 aromatic rings. The third kappa shape index (κ3) is 5.04. The second-order valence-corrected chi connectivity index (χ2v) is 8.40. The van der Waals surface area contributed by atoms with Crippen molar-refractivity contribution in [3.05, 3.63) is 0 Å². The molecule has 0 radical (unpaired) electrons. The van der Waals surface area contributed by atoms with Crippen LogP contribution >= 0.6 is 0 Å². The minimum absolute atomic E-state index is 0.327. The molecule has 0 spiro atoms. The summed E-state index contributed by atoms with van der Waals surface area (Å²) in [6, 6.07) is 0.327. The summed E-state index contributed by atoms with van der Waals surface area (Å²) in [5.74, 6) is 0.723. The molecule has 1 heterocycles. The molecular weight excluding hydrogens is 260 g/mol. The second kappa shape index (κ2) is 7.60. The van der Waals surface area contributed by atoms with E-state index in [0.717, 1.165) is 18.8 Å². The van der Waals surface area contributed by atoms with Crippen LogP contribution in [0.2, 0.25) is 0 Å². The van der Waals surface area contributed by atoms with Gasteiger partial charge in [0.05, 0.1) is 5.25 Å². The third-order valence-corrected chi connectivity index (χ3v) is 6.22. The number of nitrogens with zero attached hydrogens (tertiary/aromatic N) is 1. The van der Waals surface area contributed by atoms with E-state index >= 15 is 0 Å². The van der Waals surface area contributed by atoms with E-state index in [2.05, 4.69) is 12.2 Å². The number of rotatable bonds is 7. The second-order valence-electron chi connectivity index (χ2n) is 6.05. The Hall–Kier alpha value is -0.130. The van der Waals surface area contributed by atoms with Crippen molar-refractivity contribution >= 4 is 10.0 Å². The van der Waals surface area contributed by atoms with E-state index in [1.165, 1.54) is 12.8 Å². The van der Waals surface area contributed by atoms with Crippen molar-refractivity contribution in [3.8, 4) is 0 Å². The fourth-order valence-electron chi connectivity index (χ4n) is 2.62. The molecule has 1 aliphatic rings. The molecule has 1 aliphatic heterocycles. The van der Waals surface area contributed by atoms with Crippen LogP contribution in [0.25, 0.3) is 0 Å². The van der Waals surface area contributed by atoms with Crippen molar-refractivity contribution < 1.29 is 8.42 Å². The summed E-state index contributed by atoms with van der Waals surface area (Å²) >= 11 is 0. The lowest BCUT2D eigenvalue weighted by atomic mass is 9.94. The molecule has 0 saturated carbocycles. The highest BCUT2D eigenvalue weighted by molar-refractivity contribution is 7.89. The maximum Gasteiger partial charge on any atom is 0.217 e. The minimum atomic E-state index is -3.13. The molecule has 114 valence electrons. The van der Waals surface area contributed by atoms with Crippen molar-refractivity contribution in [2.24, 2.45) is 5.92 Å². The van der Waals surface area contributed by atoms with Gasteiger partial charge in [0, 0.05) is 25.7 Å². The van der Waals surface area contributed by atoms with Crippen LogP contribution in [-0.4, -0.2) is 43.6 Å². The molecule has 1 N–H and O–H groups in total. The Kier molecular flexibility index (Phi) is 6.77. The monoisotopic (exact) mass is 290 g/mol.